The molecule has 2 aromatic rings. The molecular weight excluding hydrogens is 749 g/mol. The van der Waals surface area contributed by atoms with Gasteiger partial charge >= 0.3 is 5.97 Å². The van der Waals surface area contributed by atoms with Gasteiger partial charge in [-0.3, -0.25) is 9.59 Å². The number of esters is 1. The van der Waals surface area contributed by atoms with E-state index in [-0.39, 0.29) is 69.4 Å². The highest BCUT2D eigenvalue weighted by molar-refractivity contribution is 8.76. The van der Waals surface area contributed by atoms with Crippen molar-refractivity contribution in [3.8, 4) is 17.5 Å². The molecule has 13 nitrogen and oxygen atoms in total. The molecule has 1 saturated heterocycles. The number of rotatable bonds is 24. The zero-order valence-electron chi connectivity index (χ0n) is 29.2. The summed E-state index contributed by atoms with van der Waals surface area (Å²) < 4.78 is 34.8. The van der Waals surface area contributed by atoms with E-state index in [1.54, 1.807) is 48.5 Å². The van der Waals surface area contributed by atoms with Gasteiger partial charge in [0.2, 0.25) is 13.2 Å². The van der Waals surface area contributed by atoms with Crippen molar-refractivity contribution in [2.45, 2.75) is 35.5 Å². The molecule has 1 aliphatic rings. The van der Waals surface area contributed by atoms with Crippen LogP contribution in [0.2, 0.25) is 0 Å². The first-order valence-electron chi connectivity index (χ1n) is 16.5. The molecule has 0 spiro atoms. The summed E-state index contributed by atoms with van der Waals surface area (Å²) in [5.74, 6) is 5.53. The summed E-state index contributed by atoms with van der Waals surface area (Å²) in [6.07, 6.45) is 3.44. The van der Waals surface area contributed by atoms with Crippen LogP contribution >= 0.6 is 43.2 Å². The van der Waals surface area contributed by atoms with Gasteiger partial charge in [-0.1, -0.05) is 73.4 Å². The molecule has 3 rings (SSSR count). The highest BCUT2D eigenvalue weighted by atomic mass is 33.1. The first kappa shape index (κ1) is 43.8. The van der Waals surface area contributed by atoms with Crippen molar-refractivity contribution in [3.05, 3.63) is 65.7 Å². The Labute approximate surface area is 321 Å². The first-order chi connectivity index (χ1) is 25.4. The van der Waals surface area contributed by atoms with Crippen molar-refractivity contribution in [3.63, 3.8) is 0 Å². The fourth-order valence-corrected chi connectivity index (χ4v) is 7.61. The highest BCUT2D eigenvalue weighted by Crippen LogP contribution is 2.31. The van der Waals surface area contributed by atoms with Gasteiger partial charge in [-0.25, -0.2) is 4.79 Å². The Bertz CT molecular complexity index is 1420. The van der Waals surface area contributed by atoms with E-state index in [0.717, 1.165) is 0 Å². The summed E-state index contributed by atoms with van der Waals surface area (Å²) in [5.41, 5.74) is 5.65. The van der Waals surface area contributed by atoms with Crippen molar-refractivity contribution >= 4 is 68.2 Å². The molecular formula is C34H46BN3O10S4. The minimum Gasteiger partial charge on any atom is -0.490 e. The normalized spacial score (nSPS) is 17.7. The molecule has 1 fully saturated rings. The minimum absolute atomic E-state index is 0.0523. The predicted octanol–water partition coefficient (Wildman–Crippen LogP) is 2.32. The van der Waals surface area contributed by atoms with Crippen molar-refractivity contribution in [1.29, 1.82) is 0 Å². The number of ether oxygens (including phenoxy) is 6. The van der Waals surface area contributed by atoms with Gasteiger partial charge in [0, 0.05) is 24.7 Å². The third-order valence-electron chi connectivity index (χ3n) is 7.06. The molecule has 2 amide bonds. The SMILES string of the molecule is CSSC(COc1cccc(C(=O)NCCN)c1)OCCOCC(=O)NCC#CB[C@H]1C[C@@H](O[C@H](COC(=O)c2ccccc2)SSC)C(CO)O1. The van der Waals surface area contributed by atoms with Crippen LogP contribution in [-0.2, 0) is 28.5 Å². The summed E-state index contributed by atoms with van der Waals surface area (Å²) in [4.78, 5) is 36.8. The van der Waals surface area contributed by atoms with Crippen LogP contribution in [0.1, 0.15) is 27.1 Å². The van der Waals surface area contributed by atoms with Crippen molar-refractivity contribution in [2.24, 2.45) is 5.73 Å². The van der Waals surface area contributed by atoms with Gasteiger partial charge in [0.05, 0.1) is 38.0 Å². The third kappa shape index (κ3) is 17.1. The number of aliphatic hydroxyl groups excluding tert-OH is 1. The summed E-state index contributed by atoms with van der Waals surface area (Å²) >= 11 is 0. The molecule has 52 heavy (non-hydrogen) atoms. The molecule has 5 atom stereocenters. The van der Waals surface area contributed by atoms with Gasteiger partial charge in [0.25, 0.3) is 5.91 Å². The maximum atomic E-state index is 12.4. The molecule has 2 unspecified atom stereocenters. The van der Waals surface area contributed by atoms with Gasteiger partial charge in [-0.05, 0) is 49.3 Å². The second-order valence-corrected chi connectivity index (χ2v) is 16.1. The smallest absolute Gasteiger partial charge is 0.338 e. The number of nitrogens with one attached hydrogen (secondary N) is 2. The van der Waals surface area contributed by atoms with Crippen molar-refractivity contribution in [2.75, 3.05) is 71.8 Å². The molecule has 18 heteroatoms. The Hall–Kier alpha value is -2.57. The molecule has 0 radical (unpaired) electrons. The van der Waals surface area contributed by atoms with E-state index in [1.807, 2.05) is 18.6 Å². The monoisotopic (exact) mass is 795 g/mol. The van der Waals surface area contributed by atoms with Crippen molar-refractivity contribution < 1.29 is 47.9 Å². The number of nitrogens with two attached hydrogens (primary N) is 1. The molecule has 5 N–H and O–H groups in total. The zero-order chi connectivity index (χ0) is 37.4. The molecule has 1 heterocycles. The van der Waals surface area contributed by atoms with Crippen molar-refractivity contribution in [1.82, 2.24) is 10.6 Å². The van der Waals surface area contributed by atoms with Crippen LogP contribution in [0, 0.1) is 11.7 Å². The Morgan fingerprint density at radius 2 is 1.79 bits per heavy atom. The second kappa shape index (κ2) is 26.2. The van der Waals surface area contributed by atoms with Crippen LogP contribution in [0.5, 0.6) is 5.75 Å². The molecule has 2 aromatic carbocycles. The number of hydrogen-bond acceptors (Lipinski definition) is 15. The quantitative estimate of drug-likeness (QED) is 0.0304. The number of carbonyl (C=O) groups is 3. The fourth-order valence-electron chi connectivity index (χ4n) is 4.67. The summed E-state index contributed by atoms with van der Waals surface area (Å²) in [6, 6.07) is 15.4. The number of aliphatic hydroxyl groups is 1. The van der Waals surface area contributed by atoms with E-state index in [9.17, 15) is 19.5 Å². The van der Waals surface area contributed by atoms with Gasteiger partial charge in [0.15, 0.2) is 0 Å². The topological polar surface area (TPSA) is 177 Å². The summed E-state index contributed by atoms with van der Waals surface area (Å²) in [5, 5.41) is 15.3. The molecule has 0 aliphatic carbocycles. The van der Waals surface area contributed by atoms with E-state index >= 15 is 0 Å². The second-order valence-electron chi connectivity index (χ2n) is 10.9. The van der Waals surface area contributed by atoms with E-state index < -0.39 is 23.6 Å². The standard InChI is InChI=1S/C34H46BN3O10S4/c1-49-51-31(22-45-26-11-6-10-25(18-26)33(41)38-15-13-36)44-17-16-43-21-30(40)37-14-7-12-35-29-19-27(28(20-39)47-29)48-32(52-50-2)23-46-34(42)24-8-4-3-5-9-24/h3-6,8-11,18,27-29,31-32,35,39H,13-17,19-23,36H2,1-2H3,(H,37,40)(H,38,41)/t27-,28?,29-,31?,32+/m1/s1. The van der Waals surface area contributed by atoms with Gasteiger partial charge in [-0.2, -0.15) is 5.82 Å². The van der Waals surface area contributed by atoms with E-state index in [1.165, 1.54) is 43.2 Å². The lowest BCUT2D eigenvalue weighted by Crippen LogP contribution is -2.32. The van der Waals surface area contributed by atoms with E-state index in [4.69, 9.17) is 34.2 Å². The van der Waals surface area contributed by atoms with Gasteiger partial charge in [0.1, 0.15) is 42.5 Å². The third-order valence-corrected chi connectivity index (χ3v) is 10.8. The number of carbonyl (C=O) groups excluding carboxylic acids is 3. The number of hydrogen-bond donors (Lipinski definition) is 4. The van der Waals surface area contributed by atoms with Crippen LogP contribution in [0.15, 0.2) is 54.6 Å². The van der Waals surface area contributed by atoms with Crippen LogP contribution < -0.4 is 21.1 Å². The molecule has 1 aliphatic heterocycles. The Morgan fingerprint density at radius 3 is 2.54 bits per heavy atom. The van der Waals surface area contributed by atoms with Crippen LogP contribution in [0.3, 0.4) is 0 Å². The summed E-state index contributed by atoms with van der Waals surface area (Å²) in [6.45, 7) is 1.31. The molecule has 284 valence electrons. The van der Waals surface area contributed by atoms with Gasteiger partial charge in [-0.15, -0.1) is 0 Å². The number of amides is 2. The Morgan fingerprint density at radius 1 is 1.02 bits per heavy atom. The zero-order valence-corrected chi connectivity index (χ0v) is 32.5. The highest BCUT2D eigenvalue weighted by Gasteiger charge is 2.37. The lowest BCUT2D eigenvalue weighted by atomic mass is 9.71. The molecule has 0 saturated carbocycles. The van der Waals surface area contributed by atoms with Gasteiger partial charge < -0.3 is 49.9 Å². The van der Waals surface area contributed by atoms with E-state index in [0.29, 0.717) is 43.7 Å². The lowest BCUT2D eigenvalue weighted by molar-refractivity contribution is -0.126. The van der Waals surface area contributed by atoms with Crippen LogP contribution in [0.25, 0.3) is 0 Å². The average Bonchev–Trinajstić information content (AvgIpc) is 3.56. The largest absolute Gasteiger partial charge is 0.490 e. The first-order valence-corrected chi connectivity index (χ1v) is 21.8. The lowest BCUT2D eigenvalue weighted by Gasteiger charge is -2.23. The van der Waals surface area contributed by atoms with Crippen LogP contribution in [-0.4, -0.2) is 131 Å². The Kier molecular flexibility index (Phi) is 22.1. The molecule has 0 aromatic heterocycles. The van der Waals surface area contributed by atoms with E-state index in [2.05, 4.69) is 22.4 Å². The number of benzene rings is 2. The average molecular weight is 796 g/mol. The van der Waals surface area contributed by atoms with Crippen LogP contribution in [0.4, 0.5) is 0 Å². The summed E-state index contributed by atoms with van der Waals surface area (Å²) in [7, 11) is 6.35. The minimum atomic E-state index is -0.525. The fraction of sp³-hybridized carbons (Fsp3) is 0.500. The predicted molar refractivity (Wildman–Crippen MR) is 210 cm³/mol. The Balaban J connectivity index is 1.29. The molecule has 0 bridgehead atoms. The maximum Gasteiger partial charge on any atom is 0.338 e. The maximum absolute atomic E-state index is 12.4.